The third-order valence-corrected chi connectivity index (χ3v) is 3.70. The molecule has 0 spiro atoms. The van der Waals surface area contributed by atoms with Gasteiger partial charge in [0, 0.05) is 18.9 Å². The summed E-state index contributed by atoms with van der Waals surface area (Å²) in [4.78, 5) is 18.3. The highest BCUT2D eigenvalue weighted by molar-refractivity contribution is 5.77. The zero-order chi connectivity index (χ0) is 13.9. The summed E-state index contributed by atoms with van der Waals surface area (Å²) in [5.74, 6) is 0.824. The minimum Gasteiger partial charge on any atom is -0.497 e. The molecule has 1 aliphatic heterocycles. The molecule has 1 fully saturated rings. The van der Waals surface area contributed by atoms with Crippen LogP contribution in [-0.4, -0.2) is 34.1 Å². The number of likely N-dealkylation sites (tertiary alicyclic amines) is 1. The van der Waals surface area contributed by atoms with Crippen LogP contribution in [0.4, 0.5) is 4.79 Å². The predicted octanol–water partition coefficient (Wildman–Crippen LogP) is 2.70. The first-order valence-electron chi connectivity index (χ1n) is 6.72. The van der Waals surface area contributed by atoms with Crippen LogP contribution >= 0.6 is 0 Å². The molecule has 1 atom stereocenters. The van der Waals surface area contributed by atoms with Gasteiger partial charge in [-0.3, -0.25) is 4.57 Å². The van der Waals surface area contributed by atoms with E-state index in [1.165, 1.54) is 4.57 Å². The molecule has 3 rings (SSSR count). The van der Waals surface area contributed by atoms with E-state index in [4.69, 9.17) is 4.74 Å². The Bertz CT molecular complexity index is 595. The number of carbonyl (C=O) groups excluding carboxylic acids is 1. The van der Waals surface area contributed by atoms with Gasteiger partial charge in [-0.1, -0.05) is 12.1 Å². The zero-order valence-electron chi connectivity index (χ0n) is 11.4. The maximum Gasteiger partial charge on any atom is 0.329 e. The van der Waals surface area contributed by atoms with Crippen LogP contribution in [0.5, 0.6) is 5.75 Å². The molecule has 1 unspecified atom stereocenters. The summed E-state index contributed by atoms with van der Waals surface area (Å²) in [6.07, 6.45) is 6.84. The van der Waals surface area contributed by atoms with Crippen molar-refractivity contribution >= 4 is 6.03 Å². The average Bonchev–Trinajstić information content (AvgIpc) is 3.17. The Morgan fingerprint density at radius 3 is 3.10 bits per heavy atom. The Kier molecular flexibility index (Phi) is 3.41. The normalized spacial score (nSPS) is 18.2. The largest absolute Gasteiger partial charge is 0.497 e. The minimum atomic E-state index is -0.0205. The number of methoxy groups -OCH3 is 1. The lowest BCUT2D eigenvalue weighted by Crippen LogP contribution is -2.33. The molecule has 1 aromatic heterocycles. The molecule has 2 heterocycles. The summed E-state index contributed by atoms with van der Waals surface area (Å²) in [6, 6.07) is 8.02. The average molecular weight is 271 g/mol. The zero-order valence-corrected chi connectivity index (χ0v) is 11.4. The Morgan fingerprint density at radius 2 is 2.35 bits per heavy atom. The van der Waals surface area contributed by atoms with E-state index < -0.39 is 0 Å². The van der Waals surface area contributed by atoms with Gasteiger partial charge in [0.05, 0.1) is 13.2 Å². The molecular weight excluding hydrogens is 254 g/mol. The highest BCUT2D eigenvalue weighted by Gasteiger charge is 2.30. The van der Waals surface area contributed by atoms with Gasteiger partial charge in [-0.2, -0.15) is 0 Å². The van der Waals surface area contributed by atoms with Gasteiger partial charge in [-0.05, 0) is 30.5 Å². The van der Waals surface area contributed by atoms with Crippen LogP contribution in [0, 0.1) is 0 Å². The van der Waals surface area contributed by atoms with Crippen LogP contribution in [0.1, 0.15) is 24.4 Å². The fourth-order valence-corrected chi connectivity index (χ4v) is 2.71. The van der Waals surface area contributed by atoms with E-state index in [2.05, 4.69) is 4.98 Å². The third-order valence-electron chi connectivity index (χ3n) is 3.70. The fraction of sp³-hybridized carbons (Fsp3) is 0.333. The molecule has 0 aliphatic carbocycles. The highest BCUT2D eigenvalue weighted by Crippen LogP contribution is 2.33. The van der Waals surface area contributed by atoms with Gasteiger partial charge in [0.15, 0.2) is 0 Å². The Balaban J connectivity index is 1.86. The number of imidazole rings is 1. The number of nitrogens with zero attached hydrogens (tertiary/aromatic N) is 3. The lowest BCUT2D eigenvalue weighted by molar-refractivity contribution is 0.194. The molecule has 20 heavy (non-hydrogen) atoms. The van der Waals surface area contributed by atoms with Crippen molar-refractivity contribution in [2.24, 2.45) is 0 Å². The van der Waals surface area contributed by atoms with Crippen molar-refractivity contribution in [3.63, 3.8) is 0 Å². The second-order valence-electron chi connectivity index (χ2n) is 4.88. The van der Waals surface area contributed by atoms with Gasteiger partial charge in [-0.15, -0.1) is 0 Å². The standard InChI is InChI=1S/C15H17N3O2/c1-20-13-5-2-4-12(10-13)14-6-3-8-18(14)15(19)17-9-7-16-11-17/h2,4-5,7,9-11,14H,3,6,8H2,1H3. The molecule has 0 saturated carbocycles. The quantitative estimate of drug-likeness (QED) is 0.843. The monoisotopic (exact) mass is 271 g/mol. The van der Waals surface area contributed by atoms with E-state index in [-0.39, 0.29) is 12.1 Å². The fourth-order valence-electron chi connectivity index (χ4n) is 2.71. The van der Waals surface area contributed by atoms with Gasteiger partial charge in [0.1, 0.15) is 12.1 Å². The Labute approximate surface area is 117 Å². The topological polar surface area (TPSA) is 47.4 Å². The van der Waals surface area contributed by atoms with Crippen molar-refractivity contribution in [2.45, 2.75) is 18.9 Å². The van der Waals surface area contributed by atoms with Gasteiger partial charge in [-0.25, -0.2) is 9.78 Å². The number of rotatable bonds is 2. The molecule has 2 aromatic rings. The third kappa shape index (κ3) is 2.27. The molecule has 0 bridgehead atoms. The summed E-state index contributed by atoms with van der Waals surface area (Å²) in [5.41, 5.74) is 1.12. The predicted molar refractivity (Wildman–Crippen MR) is 74.7 cm³/mol. The SMILES string of the molecule is COc1cccc(C2CCCN2C(=O)n2ccnc2)c1. The number of benzene rings is 1. The second kappa shape index (κ2) is 5.36. The highest BCUT2D eigenvalue weighted by atomic mass is 16.5. The van der Waals surface area contributed by atoms with Gasteiger partial charge >= 0.3 is 6.03 Å². The van der Waals surface area contributed by atoms with Crippen molar-refractivity contribution < 1.29 is 9.53 Å². The lowest BCUT2D eigenvalue weighted by atomic mass is 10.0. The van der Waals surface area contributed by atoms with Crippen LogP contribution in [0.15, 0.2) is 43.0 Å². The molecule has 1 saturated heterocycles. The van der Waals surface area contributed by atoms with E-state index >= 15 is 0 Å². The van der Waals surface area contributed by atoms with Crippen LogP contribution < -0.4 is 4.74 Å². The lowest BCUT2D eigenvalue weighted by Gasteiger charge is -2.25. The molecule has 1 amide bonds. The number of amides is 1. The second-order valence-corrected chi connectivity index (χ2v) is 4.88. The Morgan fingerprint density at radius 1 is 1.45 bits per heavy atom. The maximum absolute atomic E-state index is 12.5. The molecule has 5 heteroatoms. The molecule has 0 N–H and O–H groups in total. The molecule has 0 radical (unpaired) electrons. The van der Waals surface area contributed by atoms with E-state index in [9.17, 15) is 4.79 Å². The van der Waals surface area contributed by atoms with Crippen LogP contribution in [0.25, 0.3) is 0 Å². The molecule has 104 valence electrons. The van der Waals surface area contributed by atoms with Gasteiger partial charge < -0.3 is 9.64 Å². The van der Waals surface area contributed by atoms with Gasteiger partial charge in [0.25, 0.3) is 0 Å². The van der Waals surface area contributed by atoms with Gasteiger partial charge in [0.2, 0.25) is 0 Å². The van der Waals surface area contributed by atoms with E-state index in [0.717, 1.165) is 30.7 Å². The van der Waals surface area contributed by atoms with Crippen molar-refractivity contribution in [3.8, 4) is 5.75 Å². The first kappa shape index (κ1) is 12.7. The van der Waals surface area contributed by atoms with Crippen molar-refractivity contribution in [1.29, 1.82) is 0 Å². The van der Waals surface area contributed by atoms with E-state index in [1.54, 1.807) is 25.8 Å². The van der Waals surface area contributed by atoms with Crippen molar-refractivity contribution in [3.05, 3.63) is 48.5 Å². The van der Waals surface area contributed by atoms with Crippen molar-refractivity contribution in [1.82, 2.24) is 14.5 Å². The minimum absolute atomic E-state index is 0.0205. The van der Waals surface area contributed by atoms with E-state index in [1.807, 2.05) is 29.2 Å². The molecule has 1 aliphatic rings. The maximum atomic E-state index is 12.5. The summed E-state index contributed by atoms with van der Waals surface area (Å²) in [6.45, 7) is 0.777. The number of hydrogen-bond acceptors (Lipinski definition) is 3. The number of hydrogen-bond donors (Lipinski definition) is 0. The summed E-state index contributed by atoms with van der Waals surface area (Å²) in [7, 11) is 1.65. The molecule has 5 nitrogen and oxygen atoms in total. The van der Waals surface area contributed by atoms with Crippen molar-refractivity contribution in [2.75, 3.05) is 13.7 Å². The van der Waals surface area contributed by atoms with Crippen LogP contribution in [-0.2, 0) is 0 Å². The smallest absolute Gasteiger partial charge is 0.329 e. The first-order chi connectivity index (χ1) is 9.79. The van der Waals surface area contributed by atoms with Crippen LogP contribution in [0.3, 0.4) is 0 Å². The number of ether oxygens (including phenoxy) is 1. The molecule has 1 aromatic carbocycles. The number of carbonyl (C=O) groups is 1. The summed E-state index contributed by atoms with van der Waals surface area (Å²) >= 11 is 0. The molecular formula is C15H17N3O2. The summed E-state index contributed by atoms with van der Waals surface area (Å²) < 4.78 is 6.79. The number of aromatic nitrogens is 2. The Hall–Kier alpha value is -2.30. The van der Waals surface area contributed by atoms with E-state index in [0.29, 0.717) is 0 Å². The summed E-state index contributed by atoms with van der Waals surface area (Å²) in [5, 5.41) is 0. The first-order valence-corrected chi connectivity index (χ1v) is 6.72. The van der Waals surface area contributed by atoms with Crippen LogP contribution in [0.2, 0.25) is 0 Å².